The van der Waals surface area contributed by atoms with Gasteiger partial charge in [0.2, 0.25) is 0 Å². The van der Waals surface area contributed by atoms with Crippen LogP contribution in [-0.4, -0.2) is 49.2 Å². The number of carboxylic acids is 1. The molecule has 0 radical (unpaired) electrons. The van der Waals surface area contributed by atoms with Gasteiger partial charge in [-0.2, -0.15) is 5.10 Å². The Morgan fingerprint density at radius 2 is 2.17 bits per heavy atom. The van der Waals surface area contributed by atoms with Gasteiger partial charge in [-0.1, -0.05) is 0 Å². The molecule has 1 aliphatic heterocycles. The van der Waals surface area contributed by atoms with E-state index in [2.05, 4.69) is 10.1 Å². The van der Waals surface area contributed by atoms with Crippen molar-refractivity contribution in [2.24, 2.45) is 13.0 Å². The van der Waals surface area contributed by atoms with Gasteiger partial charge < -0.3 is 10.0 Å². The lowest BCUT2D eigenvalue weighted by Crippen LogP contribution is -2.37. The molecule has 8 heteroatoms. The number of carboxylic acid groups (broad SMARTS) is 1. The summed E-state index contributed by atoms with van der Waals surface area (Å²) < 4.78 is 1.69. The summed E-state index contributed by atoms with van der Waals surface area (Å²) in [6, 6.07) is -0.302. The fourth-order valence-corrected chi connectivity index (χ4v) is 3.93. The van der Waals surface area contributed by atoms with E-state index in [0.717, 1.165) is 10.6 Å². The van der Waals surface area contributed by atoms with E-state index in [9.17, 15) is 14.7 Å². The quantitative estimate of drug-likeness (QED) is 0.924. The fraction of sp³-hybridized carbons (Fsp3) is 0.467. The Bertz CT molecular complexity index is 767. The molecule has 23 heavy (non-hydrogen) atoms. The van der Waals surface area contributed by atoms with E-state index >= 15 is 0 Å². The first-order chi connectivity index (χ1) is 10.9. The van der Waals surface area contributed by atoms with Gasteiger partial charge in [0.25, 0.3) is 5.91 Å². The summed E-state index contributed by atoms with van der Waals surface area (Å²) in [5.41, 5.74) is 1.54. The van der Waals surface area contributed by atoms with Crippen molar-refractivity contribution in [3.63, 3.8) is 0 Å². The van der Waals surface area contributed by atoms with Crippen molar-refractivity contribution in [1.29, 1.82) is 0 Å². The number of hydrogen-bond donors (Lipinski definition) is 1. The SMILES string of the molecule is Cc1nc(-c2cnn(C)c2)sc1C(=O)N1CCC(C(=O)O)C1C. The van der Waals surface area contributed by atoms with Gasteiger partial charge in [0.1, 0.15) is 9.88 Å². The minimum Gasteiger partial charge on any atom is -0.481 e. The van der Waals surface area contributed by atoms with Crippen molar-refractivity contribution in [2.75, 3.05) is 6.54 Å². The van der Waals surface area contributed by atoms with E-state index in [1.165, 1.54) is 11.3 Å². The number of carbonyl (C=O) groups is 2. The van der Waals surface area contributed by atoms with Gasteiger partial charge in [-0.15, -0.1) is 11.3 Å². The fourth-order valence-electron chi connectivity index (χ4n) is 2.94. The smallest absolute Gasteiger partial charge is 0.308 e. The van der Waals surface area contributed by atoms with Crippen LogP contribution in [0, 0.1) is 12.8 Å². The summed E-state index contributed by atoms with van der Waals surface area (Å²) in [6.45, 7) is 4.07. The van der Waals surface area contributed by atoms with Crippen LogP contribution in [0.5, 0.6) is 0 Å². The summed E-state index contributed by atoms with van der Waals surface area (Å²) in [6.07, 6.45) is 4.06. The lowest BCUT2D eigenvalue weighted by Gasteiger charge is -2.22. The highest BCUT2D eigenvalue weighted by molar-refractivity contribution is 7.17. The van der Waals surface area contributed by atoms with Crippen LogP contribution in [-0.2, 0) is 11.8 Å². The molecule has 0 aromatic carbocycles. The third kappa shape index (κ3) is 2.74. The van der Waals surface area contributed by atoms with Gasteiger partial charge in [-0.25, -0.2) is 4.98 Å². The molecule has 1 N–H and O–H groups in total. The second-order valence-corrected chi connectivity index (χ2v) is 6.81. The standard InChI is InChI=1S/C15H18N4O3S/c1-8-12(23-13(17-8)10-6-16-18(3)7-10)14(20)19-5-4-11(9(19)2)15(21)22/h6-7,9,11H,4-5H2,1-3H3,(H,21,22). The molecule has 0 bridgehead atoms. The molecule has 2 aromatic rings. The molecule has 3 rings (SSSR count). The zero-order valence-electron chi connectivity index (χ0n) is 13.2. The number of aryl methyl sites for hydroxylation is 2. The Morgan fingerprint density at radius 3 is 2.74 bits per heavy atom. The summed E-state index contributed by atoms with van der Waals surface area (Å²) in [4.78, 5) is 30.7. The van der Waals surface area contributed by atoms with Crippen LogP contribution in [0.15, 0.2) is 12.4 Å². The summed E-state index contributed by atoms with van der Waals surface area (Å²) in [7, 11) is 1.83. The molecule has 122 valence electrons. The third-order valence-corrected chi connectivity index (χ3v) is 5.47. The minimum absolute atomic E-state index is 0.133. The number of carbonyl (C=O) groups excluding carboxylic acids is 1. The van der Waals surface area contributed by atoms with Gasteiger partial charge in [0.15, 0.2) is 0 Å². The predicted molar refractivity (Wildman–Crippen MR) is 85.3 cm³/mol. The molecular weight excluding hydrogens is 316 g/mol. The lowest BCUT2D eigenvalue weighted by molar-refractivity contribution is -0.142. The van der Waals surface area contributed by atoms with Gasteiger partial charge in [-0.3, -0.25) is 14.3 Å². The van der Waals surface area contributed by atoms with Crippen LogP contribution in [0.3, 0.4) is 0 Å². The summed E-state index contributed by atoms with van der Waals surface area (Å²) >= 11 is 1.33. The van der Waals surface area contributed by atoms with Crippen LogP contribution in [0.2, 0.25) is 0 Å². The molecule has 1 aliphatic rings. The Balaban J connectivity index is 1.86. The van der Waals surface area contributed by atoms with Crippen molar-refractivity contribution in [2.45, 2.75) is 26.3 Å². The Labute approximate surface area is 137 Å². The third-order valence-electron chi connectivity index (χ3n) is 4.28. The number of thiazole rings is 1. The van der Waals surface area contributed by atoms with E-state index in [-0.39, 0.29) is 11.9 Å². The number of aromatic nitrogens is 3. The second kappa shape index (κ2) is 5.77. The largest absolute Gasteiger partial charge is 0.481 e. The van der Waals surface area contributed by atoms with Crippen LogP contribution in [0.1, 0.15) is 28.7 Å². The first-order valence-electron chi connectivity index (χ1n) is 7.38. The number of nitrogens with zero attached hydrogens (tertiary/aromatic N) is 4. The van der Waals surface area contributed by atoms with Crippen molar-refractivity contribution in [3.05, 3.63) is 23.0 Å². The monoisotopic (exact) mass is 334 g/mol. The number of aliphatic carboxylic acids is 1. The normalized spacial score (nSPS) is 20.9. The van der Waals surface area contributed by atoms with E-state index < -0.39 is 11.9 Å². The molecule has 2 unspecified atom stereocenters. The lowest BCUT2D eigenvalue weighted by atomic mass is 10.0. The topological polar surface area (TPSA) is 88.3 Å². The van der Waals surface area contributed by atoms with Crippen LogP contribution in [0.25, 0.3) is 10.6 Å². The second-order valence-electron chi connectivity index (χ2n) is 5.81. The molecule has 0 saturated carbocycles. The summed E-state index contributed by atoms with van der Waals surface area (Å²) in [5, 5.41) is 14.1. The number of hydrogen-bond acceptors (Lipinski definition) is 5. The Kier molecular flexibility index (Phi) is 3.93. The maximum absolute atomic E-state index is 12.8. The molecular formula is C15H18N4O3S. The highest BCUT2D eigenvalue weighted by Gasteiger charge is 2.39. The van der Waals surface area contributed by atoms with Gasteiger partial charge in [-0.05, 0) is 20.3 Å². The minimum atomic E-state index is -0.843. The maximum Gasteiger partial charge on any atom is 0.308 e. The molecule has 2 aromatic heterocycles. The molecule has 1 fully saturated rings. The zero-order chi connectivity index (χ0) is 16.7. The van der Waals surface area contributed by atoms with Gasteiger partial charge >= 0.3 is 5.97 Å². The molecule has 7 nitrogen and oxygen atoms in total. The van der Waals surface area contributed by atoms with Gasteiger partial charge in [0, 0.05) is 31.4 Å². The molecule has 0 aliphatic carbocycles. The van der Waals surface area contributed by atoms with Gasteiger partial charge in [0.05, 0.1) is 17.8 Å². The number of rotatable bonds is 3. The molecule has 2 atom stereocenters. The molecule has 1 saturated heterocycles. The molecule has 0 spiro atoms. The Morgan fingerprint density at radius 1 is 1.43 bits per heavy atom. The molecule has 1 amide bonds. The zero-order valence-corrected chi connectivity index (χ0v) is 14.0. The van der Waals surface area contributed by atoms with Crippen molar-refractivity contribution < 1.29 is 14.7 Å². The highest BCUT2D eigenvalue weighted by atomic mass is 32.1. The Hall–Kier alpha value is -2.22. The number of amides is 1. The first-order valence-corrected chi connectivity index (χ1v) is 8.20. The predicted octanol–water partition coefficient (Wildman–Crippen LogP) is 1.79. The summed E-state index contributed by atoms with van der Waals surface area (Å²) in [5.74, 6) is -1.47. The highest BCUT2D eigenvalue weighted by Crippen LogP contribution is 2.32. The average molecular weight is 334 g/mol. The van der Waals surface area contributed by atoms with Crippen LogP contribution < -0.4 is 0 Å². The molecule has 3 heterocycles. The van der Waals surface area contributed by atoms with E-state index in [4.69, 9.17) is 0 Å². The van der Waals surface area contributed by atoms with Crippen molar-refractivity contribution >= 4 is 23.2 Å². The van der Waals surface area contributed by atoms with Crippen molar-refractivity contribution in [1.82, 2.24) is 19.7 Å². The van der Waals surface area contributed by atoms with Crippen molar-refractivity contribution in [3.8, 4) is 10.6 Å². The first kappa shape index (κ1) is 15.7. The average Bonchev–Trinajstić information content (AvgIpc) is 3.17. The number of likely N-dealkylation sites (tertiary alicyclic amines) is 1. The van der Waals surface area contributed by atoms with E-state index in [1.54, 1.807) is 29.6 Å². The maximum atomic E-state index is 12.8. The van der Waals surface area contributed by atoms with Crippen LogP contribution in [0.4, 0.5) is 0 Å². The van der Waals surface area contributed by atoms with E-state index in [0.29, 0.717) is 23.5 Å². The van der Waals surface area contributed by atoms with E-state index in [1.807, 2.05) is 13.2 Å². The van der Waals surface area contributed by atoms with Crippen LogP contribution >= 0.6 is 11.3 Å².